The van der Waals surface area contributed by atoms with E-state index < -0.39 is 12.7 Å². The van der Waals surface area contributed by atoms with Crippen molar-refractivity contribution in [2.24, 2.45) is 5.73 Å². The van der Waals surface area contributed by atoms with Crippen LogP contribution in [-0.4, -0.2) is 12.5 Å². The normalized spacial score (nSPS) is 12.9. The highest BCUT2D eigenvalue weighted by molar-refractivity contribution is 5.85. The van der Waals surface area contributed by atoms with E-state index in [1.807, 2.05) is 31.2 Å². The first-order valence-electron chi connectivity index (χ1n) is 7.54. The zero-order valence-electron chi connectivity index (χ0n) is 13.9. The average Bonchev–Trinajstić information content (AvgIpc) is 2.55. The molecule has 0 spiro atoms. The van der Waals surface area contributed by atoms with Crippen LogP contribution in [0, 0.1) is 6.92 Å². The highest BCUT2D eigenvalue weighted by atomic mass is 35.5. The first-order chi connectivity index (χ1) is 11.4. The Labute approximate surface area is 151 Å². The SMILES string of the molecule is Cc1ccc(C(N)C(=O)NC(C)c2ccc(OC(F)F)cc2)cc1.Cl. The summed E-state index contributed by atoms with van der Waals surface area (Å²) in [5.74, 6) is -0.233. The summed E-state index contributed by atoms with van der Waals surface area (Å²) in [5, 5.41) is 2.82. The summed E-state index contributed by atoms with van der Waals surface area (Å²) in [5.41, 5.74) is 8.56. The van der Waals surface area contributed by atoms with Gasteiger partial charge in [0.25, 0.3) is 0 Å². The van der Waals surface area contributed by atoms with Crippen molar-refractivity contribution in [1.29, 1.82) is 0 Å². The third-order valence-electron chi connectivity index (χ3n) is 3.68. The van der Waals surface area contributed by atoms with Gasteiger partial charge in [0.2, 0.25) is 5.91 Å². The lowest BCUT2D eigenvalue weighted by Crippen LogP contribution is -2.35. The third kappa shape index (κ3) is 5.99. The molecule has 0 aliphatic heterocycles. The summed E-state index contributed by atoms with van der Waals surface area (Å²) in [6, 6.07) is 12.5. The van der Waals surface area contributed by atoms with E-state index in [4.69, 9.17) is 5.73 Å². The van der Waals surface area contributed by atoms with Crippen molar-refractivity contribution in [3.63, 3.8) is 0 Å². The van der Waals surface area contributed by atoms with Gasteiger partial charge in [0.1, 0.15) is 11.8 Å². The van der Waals surface area contributed by atoms with Crippen LogP contribution in [0.2, 0.25) is 0 Å². The quantitative estimate of drug-likeness (QED) is 0.810. The molecule has 0 aliphatic carbocycles. The first-order valence-corrected chi connectivity index (χ1v) is 7.54. The molecule has 3 N–H and O–H groups in total. The number of nitrogens with two attached hydrogens (primary N) is 1. The van der Waals surface area contributed by atoms with Gasteiger partial charge in [0, 0.05) is 0 Å². The molecule has 2 unspecified atom stereocenters. The van der Waals surface area contributed by atoms with Crippen molar-refractivity contribution in [3.8, 4) is 5.75 Å². The van der Waals surface area contributed by atoms with Crippen LogP contribution in [0.5, 0.6) is 5.75 Å². The zero-order valence-corrected chi connectivity index (χ0v) is 14.7. The van der Waals surface area contributed by atoms with E-state index in [1.165, 1.54) is 12.1 Å². The molecule has 0 aliphatic rings. The molecule has 25 heavy (non-hydrogen) atoms. The van der Waals surface area contributed by atoms with Crippen molar-refractivity contribution >= 4 is 18.3 Å². The molecule has 0 radical (unpaired) electrons. The summed E-state index contributed by atoms with van der Waals surface area (Å²) in [4.78, 5) is 12.3. The minimum Gasteiger partial charge on any atom is -0.435 e. The van der Waals surface area contributed by atoms with Gasteiger partial charge in [-0.1, -0.05) is 42.0 Å². The molecule has 4 nitrogen and oxygen atoms in total. The van der Waals surface area contributed by atoms with Gasteiger partial charge in [-0.2, -0.15) is 8.78 Å². The predicted octanol–water partition coefficient (Wildman–Crippen LogP) is 3.90. The van der Waals surface area contributed by atoms with Crippen molar-refractivity contribution in [2.45, 2.75) is 32.5 Å². The summed E-state index contributed by atoms with van der Waals surface area (Å²) in [7, 11) is 0. The summed E-state index contributed by atoms with van der Waals surface area (Å²) in [6.07, 6.45) is 0. The number of hydrogen-bond acceptors (Lipinski definition) is 3. The van der Waals surface area contributed by atoms with E-state index in [0.717, 1.165) is 16.7 Å². The highest BCUT2D eigenvalue weighted by Crippen LogP contribution is 2.20. The van der Waals surface area contributed by atoms with Crippen LogP contribution in [0.1, 0.15) is 35.7 Å². The van der Waals surface area contributed by atoms with E-state index >= 15 is 0 Å². The topological polar surface area (TPSA) is 64.4 Å². The Morgan fingerprint density at radius 2 is 1.56 bits per heavy atom. The number of benzene rings is 2. The van der Waals surface area contributed by atoms with E-state index in [0.29, 0.717) is 0 Å². The van der Waals surface area contributed by atoms with E-state index in [2.05, 4.69) is 10.1 Å². The Hall–Kier alpha value is -2.18. The smallest absolute Gasteiger partial charge is 0.387 e. The number of halogens is 3. The number of carbonyl (C=O) groups excluding carboxylic acids is 1. The standard InChI is InChI=1S/C18H20F2N2O2.ClH/c1-11-3-5-14(6-4-11)16(21)17(23)22-12(2)13-7-9-15(10-8-13)24-18(19)20;/h3-10,12,16,18H,21H2,1-2H3,(H,22,23);1H. The Morgan fingerprint density at radius 3 is 2.08 bits per heavy atom. The Morgan fingerprint density at radius 1 is 1.04 bits per heavy atom. The Balaban J connectivity index is 0.00000312. The molecule has 0 fully saturated rings. The molecule has 7 heteroatoms. The maximum Gasteiger partial charge on any atom is 0.387 e. The second-order valence-electron chi connectivity index (χ2n) is 5.57. The Bertz CT molecular complexity index is 678. The third-order valence-corrected chi connectivity index (χ3v) is 3.68. The van der Waals surface area contributed by atoms with Crippen LogP contribution in [-0.2, 0) is 4.79 Å². The number of amides is 1. The zero-order chi connectivity index (χ0) is 17.7. The van der Waals surface area contributed by atoms with Crippen LogP contribution >= 0.6 is 12.4 Å². The maximum atomic E-state index is 12.3. The maximum absolute atomic E-state index is 12.3. The lowest BCUT2D eigenvalue weighted by Gasteiger charge is -2.18. The molecule has 0 saturated carbocycles. The molecule has 1 amide bonds. The number of rotatable bonds is 6. The summed E-state index contributed by atoms with van der Waals surface area (Å²) in [6.45, 7) is 0.891. The molecule has 0 heterocycles. The Kier molecular flexibility index (Phi) is 7.80. The fourth-order valence-corrected chi connectivity index (χ4v) is 2.25. The second kappa shape index (κ2) is 9.34. The van der Waals surface area contributed by atoms with E-state index in [-0.39, 0.29) is 30.1 Å². The number of aryl methyl sites for hydroxylation is 1. The lowest BCUT2D eigenvalue weighted by atomic mass is 10.0. The van der Waals surface area contributed by atoms with Crippen LogP contribution < -0.4 is 15.8 Å². The molecule has 136 valence electrons. The number of nitrogens with one attached hydrogen (secondary N) is 1. The predicted molar refractivity (Wildman–Crippen MR) is 95.0 cm³/mol. The molecule has 2 atom stereocenters. The number of alkyl halides is 2. The molecule has 2 aromatic rings. The molecule has 0 bridgehead atoms. The van der Waals surface area contributed by atoms with Crippen LogP contribution in [0.3, 0.4) is 0 Å². The van der Waals surface area contributed by atoms with E-state index in [9.17, 15) is 13.6 Å². The van der Waals surface area contributed by atoms with E-state index in [1.54, 1.807) is 19.1 Å². The van der Waals surface area contributed by atoms with Crippen LogP contribution in [0.4, 0.5) is 8.78 Å². The first kappa shape index (κ1) is 20.9. The number of hydrogen-bond donors (Lipinski definition) is 2. The lowest BCUT2D eigenvalue weighted by molar-refractivity contribution is -0.123. The van der Waals surface area contributed by atoms with Crippen molar-refractivity contribution < 1.29 is 18.3 Å². The average molecular weight is 371 g/mol. The number of ether oxygens (including phenoxy) is 1. The van der Waals surface area contributed by atoms with Gasteiger partial charge in [-0.25, -0.2) is 0 Å². The van der Waals surface area contributed by atoms with Gasteiger partial charge in [-0.15, -0.1) is 12.4 Å². The molecule has 0 saturated heterocycles. The molecule has 0 aromatic heterocycles. The molecular weight excluding hydrogens is 350 g/mol. The van der Waals surface area contributed by atoms with Crippen molar-refractivity contribution in [3.05, 3.63) is 65.2 Å². The largest absolute Gasteiger partial charge is 0.435 e. The second-order valence-corrected chi connectivity index (χ2v) is 5.57. The van der Waals surface area contributed by atoms with Gasteiger partial charge in [0.05, 0.1) is 6.04 Å². The number of carbonyl (C=O) groups is 1. The van der Waals surface area contributed by atoms with Gasteiger partial charge >= 0.3 is 6.61 Å². The van der Waals surface area contributed by atoms with Gasteiger partial charge in [-0.05, 0) is 37.1 Å². The molecule has 2 aromatic carbocycles. The van der Waals surface area contributed by atoms with Gasteiger partial charge in [0.15, 0.2) is 0 Å². The monoisotopic (exact) mass is 370 g/mol. The molecular formula is C18H21ClF2N2O2. The fourth-order valence-electron chi connectivity index (χ4n) is 2.25. The van der Waals surface area contributed by atoms with Crippen molar-refractivity contribution in [2.75, 3.05) is 0 Å². The summed E-state index contributed by atoms with van der Waals surface area (Å²) >= 11 is 0. The highest BCUT2D eigenvalue weighted by Gasteiger charge is 2.18. The minimum absolute atomic E-state index is 0. The minimum atomic E-state index is -2.86. The van der Waals surface area contributed by atoms with Gasteiger partial charge < -0.3 is 15.8 Å². The van der Waals surface area contributed by atoms with Crippen LogP contribution in [0.25, 0.3) is 0 Å². The molecule has 2 rings (SSSR count). The summed E-state index contributed by atoms with van der Waals surface area (Å²) < 4.78 is 28.6. The fraction of sp³-hybridized carbons (Fsp3) is 0.278. The van der Waals surface area contributed by atoms with Gasteiger partial charge in [-0.3, -0.25) is 4.79 Å². The van der Waals surface area contributed by atoms with Crippen molar-refractivity contribution in [1.82, 2.24) is 5.32 Å². The van der Waals surface area contributed by atoms with Crippen LogP contribution in [0.15, 0.2) is 48.5 Å².